The van der Waals surface area contributed by atoms with Gasteiger partial charge in [-0.25, -0.2) is 9.97 Å². The summed E-state index contributed by atoms with van der Waals surface area (Å²) in [7, 11) is 0. The number of halogens is 1. The van der Waals surface area contributed by atoms with Crippen molar-refractivity contribution in [2.45, 2.75) is 25.8 Å². The van der Waals surface area contributed by atoms with E-state index in [2.05, 4.69) is 20.6 Å². The lowest BCUT2D eigenvalue weighted by Crippen LogP contribution is -2.47. The number of anilines is 1. The highest BCUT2D eigenvalue weighted by molar-refractivity contribution is 7.18. The number of hydrogen-bond donors (Lipinski definition) is 2. The molecule has 3 rings (SSSR count). The van der Waals surface area contributed by atoms with Crippen molar-refractivity contribution in [2.75, 3.05) is 5.32 Å². The summed E-state index contributed by atoms with van der Waals surface area (Å²) in [6.07, 6.45) is 0.755. The summed E-state index contributed by atoms with van der Waals surface area (Å²) in [5, 5.41) is 6.33. The maximum atomic E-state index is 11.8. The number of piperidine rings is 1. The fraction of sp³-hybridized carbons (Fsp3) is 0.333. The van der Waals surface area contributed by atoms with E-state index in [0.29, 0.717) is 18.7 Å². The van der Waals surface area contributed by atoms with E-state index < -0.39 is 6.04 Å². The molecule has 1 atom stereocenters. The van der Waals surface area contributed by atoms with E-state index in [0.717, 1.165) is 15.1 Å². The quantitative estimate of drug-likeness (QED) is 0.653. The zero-order valence-corrected chi connectivity index (χ0v) is 12.1. The summed E-state index contributed by atoms with van der Waals surface area (Å²) in [5.74, 6) is -0.0553. The first-order chi connectivity index (χ1) is 9.52. The van der Waals surface area contributed by atoms with Gasteiger partial charge in [0.15, 0.2) is 0 Å². The number of carbonyl (C=O) groups excluding carboxylic acids is 2. The Bertz CT molecular complexity index is 715. The van der Waals surface area contributed by atoms with Crippen LogP contribution in [0.4, 0.5) is 5.82 Å². The SMILES string of the molecule is Cc1cc2c(NC3CCC(=O)NC3=O)nc(Cl)nc2s1. The van der Waals surface area contributed by atoms with Gasteiger partial charge in [-0.1, -0.05) is 0 Å². The van der Waals surface area contributed by atoms with Crippen LogP contribution in [0.1, 0.15) is 17.7 Å². The van der Waals surface area contributed by atoms with Crippen molar-refractivity contribution in [1.82, 2.24) is 15.3 Å². The van der Waals surface area contributed by atoms with Crippen LogP contribution < -0.4 is 10.6 Å². The average Bonchev–Trinajstić information content (AvgIpc) is 2.73. The summed E-state index contributed by atoms with van der Waals surface area (Å²) in [6.45, 7) is 1.97. The Morgan fingerprint density at radius 1 is 1.45 bits per heavy atom. The molecule has 1 saturated heterocycles. The van der Waals surface area contributed by atoms with Crippen LogP contribution in [0.15, 0.2) is 6.07 Å². The molecule has 6 nitrogen and oxygen atoms in total. The van der Waals surface area contributed by atoms with Crippen molar-refractivity contribution >= 4 is 50.8 Å². The van der Waals surface area contributed by atoms with E-state index in [-0.39, 0.29) is 17.1 Å². The minimum absolute atomic E-state index is 0.133. The van der Waals surface area contributed by atoms with Gasteiger partial charge in [-0.15, -0.1) is 11.3 Å². The predicted octanol–water partition coefficient (Wildman–Crippen LogP) is 1.87. The molecule has 2 N–H and O–H groups in total. The summed E-state index contributed by atoms with van der Waals surface area (Å²) in [4.78, 5) is 33.1. The van der Waals surface area contributed by atoms with Gasteiger partial charge >= 0.3 is 0 Å². The molecule has 1 aliphatic heterocycles. The fourth-order valence-corrected chi connectivity index (χ4v) is 3.22. The third kappa shape index (κ3) is 2.46. The fourth-order valence-electron chi connectivity index (χ4n) is 2.12. The van der Waals surface area contributed by atoms with E-state index in [1.807, 2.05) is 13.0 Å². The third-order valence-corrected chi connectivity index (χ3v) is 4.15. The Morgan fingerprint density at radius 2 is 2.25 bits per heavy atom. The van der Waals surface area contributed by atoms with E-state index >= 15 is 0 Å². The monoisotopic (exact) mass is 310 g/mol. The Kier molecular flexibility index (Phi) is 3.31. The molecule has 2 aromatic rings. The van der Waals surface area contributed by atoms with Gasteiger partial charge in [0.05, 0.1) is 5.39 Å². The first-order valence-electron chi connectivity index (χ1n) is 6.07. The molecule has 0 radical (unpaired) electrons. The number of hydrogen-bond acceptors (Lipinski definition) is 6. The normalized spacial score (nSPS) is 19.2. The van der Waals surface area contributed by atoms with Gasteiger partial charge in [0, 0.05) is 11.3 Å². The molecule has 1 unspecified atom stereocenters. The standard InChI is InChI=1S/C12H11ClN4O2S/c1-5-4-6-9(16-12(13)17-11(6)20-5)14-7-2-3-8(18)15-10(7)19/h4,7H,2-3H2,1H3,(H,14,16,17)(H,15,18,19). The maximum Gasteiger partial charge on any atom is 0.249 e. The molecule has 1 fully saturated rings. The van der Waals surface area contributed by atoms with Gasteiger partial charge < -0.3 is 5.32 Å². The van der Waals surface area contributed by atoms with Crippen molar-refractivity contribution in [3.05, 3.63) is 16.2 Å². The Morgan fingerprint density at radius 3 is 3.00 bits per heavy atom. The number of rotatable bonds is 2. The molecule has 0 aliphatic carbocycles. The highest BCUT2D eigenvalue weighted by Gasteiger charge is 2.27. The minimum Gasteiger partial charge on any atom is -0.358 e. The van der Waals surface area contributed by atoms with Gasteiger partial charge in [0.2, 0.25) is 17.1 Å². The van der Waals surface area contributed by atoms with Gasteiger partial charge in [-0.3, -0.25) is 14.9 Å². The largest absolute Gasteiger partial charge is 0.358 e. The van der Waals surface area contributed by atoms with E-state index in [9.17, 15) is 9.59 Å². The van der Waals surface area contributed by atoms with Crippen LogP contribution >= 0.6 is 22.9 Å². The van der Waals surface area contributed by atoms with Gasteiger partial charge in [0.1, 0.15) is 16.7 Å². The summed E-state index contributed by atoms with van der Waals surface area (Å²) >= 11 is 7.41. The molecule has 20 heavy (non-hydrogen) atoms. The van der Waals surface area contributed by atoms with Crippen LogP contribution in [0.25, 0.3) is 10.2 Å². The first kappa shape index (κ1) is 13.3. The number of aryl methyl sites for hydroxylation is 1. The molecule has 1 aliphatic rings. The Balaban J connectivity index is 1.94. The van der Waals surface area contributed by atoms with Crippen LogP contribution in [0.3, 0.4) is 0 Å². The smallest absolute Gasteiger partial charge is 0.249 e. The zero-order chi connectivity index (χ0) is 14.3. The van der Waals surface area contributed by atoms with Crippen molar-refractivity contribution in [1.29, 1.82) is 0 Å². The molecule has 8 heteroatoms. The maximum absolute atomic E-state index is 11.8. The molecule has 2 amide bonds. The van der Waals surface area contributed by atoms with Gasteiger partial charge in [-0.2, -0.15) is 0 Å². The number of thiophene rings is 1. The second kappa shape index (κ2) is 4.99. The molecule has 0 aromatic carbocycles. The number of fused-ring (bicyclic) bond motifs is 1. The second-order valence-electron chi connectivity index (χ2n) is 4.57. The van der Waals surface area contributed by atoms with Crippen molar-refractivity contribution in [2.24, 2.45) is 0 Å². The molecule has 2 aromatic heterocycles. The molecule has 0 saturated carbocycles. The predicted molar refractivity (Wildman–Crippen MR) is 77.0 cm³/mol. The lowest BCUT2D eigenvalue weighted by Gasteiger charge is -2.22. The third-order valence-electron chi connectivity index (χ3n) is 3.04. The number of nitrogens with zero attached hydrogens (tertiary/aromatic N) is 2. The van der Waals surface area contributed by atoms with Crippen LogP contribution in [0, 0.1) is 6.92 Å². The summed E-state index contributed by atoms with van der Waals surface area (Å²) in [6, 6.07) is 1.46. The van der Waals surface area contributed by atoms with Gasteiger partial charge in [0.25, 0.3) is 0 Å². The van der Waals surface area contributed by atoms with E-state index in [4.69, 9.17) is 11.6 Å². The highest BCUT2D eigenvalue weighted by Crippen LogP contribution is 2.30. The van der Waals surface area contributed by atoms with Crippen LogP contribution in [0.2, 0.25) is 5.28 Å². The van der Waals surface area contributed by atoms with E-state index in [1.165, 1.54) is 11.3 Å². The van der Waals surface area contributed by atoms with E-state index in [1.54, 1.807) is 0 Å². The first-order valence-corrected chi connectivity index (χ1v) is 7.26. The van der Waals surface area contributed by atoms with Crippen molar-refractivity contribution in [3.63, 3.8) is 0 Å². The van der Waals surface area contributed by atoms with Crippen molar-refractivity contribution < 1.29 is 9.59 Å². The molecular weight excluding hydrogens is 300 g/mol. The molecule has 3 heterocycles. The molecule has 0 bridgehead atoms. The summed E-state index contributed by atoms with van der Waals surface area (Å²) in [5.41, 5.74) is 0. The topological polar surface area (TPSA) is 84.0 Å². The van der Waals surface area contributed by atoms with Crippen LogP contribution in [-0.4, -0.2) is 27.8 Å². The highest BCUT2D eigenvalue weighted by atomic mass is 35.5. The zero-order valence-electron chi connectivity index (χ0n) is 10.6. The number of nitrogens with one attached hydrogen (secondary N) is 2. The second-order valence-corrected chi connectivity index (χ2v) is 6.14. The number of aromatic nitrogens is 2. The Labute approximate surface area is 123 Å². The van der Waals surface area contributed by atoms with Crippen LogP contribution in [-0.2, 0) is 9.59 Å². The summed E-state index contributed by atoms with van der Waals surface area (Å²) < 4.78 is 0. The number of carbonyl (C=O) groups is 2. The minimum atomic E-state index is -0.484. The van der Waals surface area contributed by atoms with Gasteiger partial charge in [-0.05, 0) is 31.0 Å². The number of amides is 2. The lowest BCUT2D eigenvalue weighted by atomic mass is 10.1. The molecule has 0 spiro atoms. The molecule has 104 valence electrons. The lowest BCUT2D eigenvalue weighted by molar-refractivity contribution is -0.133. The number of imide groups is 1. The van der Waals surface area contributed by atoms with Crippen molar-refractivity contribution in [3.8, 4) is 0 Å². The average molecular weight is 311 g/mol. The Hall–Kier alpha value is -1.73. The van der Waals surface area contributed by atoms with Crippen LogP contribution in [0.5, 0.6) is 0 Å². The molecular formula is C12H11ClN4O2S.